The topological polar surface area (TPSA) is 101 Å². The summed E-state index contributed by atoms with van der Waals surface area (Å²) in [4.78, 5) is 6.86. The Hall–Kier alpha value is -0.920. The molecule has 2 rings (SSSR count). The summed E-state index contributed by atoms with van der Waals surface area (Å²) in [6, 6.07) is 0. The Morgan fingerprint density at radius 3 is 2.70 bits per heavy atom. The lowest BCUT2D eigenvalue weighted by atomic mass is 9.79. The second-order valence-electron chi connectivity index (χ2n) is 5.44. The fraction of sp³-hybridized carbons (Fsp3) is 0.769. The predicted octanol–water partition coefficient (Wildman–Crippen LogP) is 1.02. The van der Waals surface area contributed by atoms with E-state index >= 15 is 0 Å². The highest BCUT2D eigenvalue weighted by atomic mass is 32.2. The fourth-order valence-electron chi connectivity index (χ4n) is 2.82. The molecule has 0 bridgehead atoms. The molecule has 1 aliphatic carbocycles. The number of hydrogen-bond donors (Lipinski definition) is 3. The van der Waals surface area contributed by atoms with Crippen LogP contribution in [0, 0.1) is 11.8 Å². The van der Waals surface area contributed by atoms with Gasteiger partial charge in [-0.2, -0.15) is 0 Å². The summed E-state index contributed by atoms with van der Waals surface area (Å²) < 4.78 is 27.1. The molecule has 4 N–H and O–H groups in total. The highest BCUT2D eigenvalue weighted by Gasteiger charge is 2.26. The number of imidazole rings is 1. The van der Waals surface area contributed by atoms with Crippen LogP contribution in [0.2, 0.25) is 0 Å². The molecule has 1 aromatic heterocycles. The van der Waals surface area contributed by atoms with Gasteiger partial charge in [0.05, 0.1) is 6.20 Å². The minimum atomic E-state index is -3.49. The molecule has 0 spiro atoms. The molecule has 1 heterocycles. The smallest absolute Gasteiger partial charge is 0.257 e. The summed E-state index contributed by atoms with van der Waals surface area (Å²) in [5.74, 6) is 1.46. The van der Waals surface area contributed by atoms with E-state index in [9.17, 15) is 8.42 Å². The van der Waals surface area contributed by atoms with Crippen molar-refractivity contribution in [2.24, 2.45) is 17.6 Å². The van der Waals surface area contributed by atoms with Crippen LogP contribution in [-0.4, -0.2) is 31.5 Å². The number of nitrogens with zero attached hydrogens (tertiary/aromatic N) is 1. The van der Waals surface area contributed by atoms with E-state index in [-0.39, 0.29) is 5.03 Å². The van der Waals surface area contributed by atoms with E-state index < -0.39 is 10.0 Å². The van der Waals surface area contributed by atoms with E-state index in [1.165, 1.54) is 12.6 Å². The van der Waals surface area contributed by atoms with Gasteiger partial charge in [0.1, 0.15) is 5.82 Å². The Balaban J connectivity index is 1.98. The summed E-state index contributed by atoms with van der Waals surface area (Å²) in [7, 11) is -3.49. The first kappa shape index (κ1) is 15.5. The molecule has 1 fully saturated rings. The van der Waals surface area contributed by atoms with Crippen molar-refractivity contribution in [3.8, 4) is 0 Å². The standard InChI is InChI=1S/C13H24N4O2S/c1-2-12-15-9-13(17-12)20(18,19)16-8-11-6-4-3-5-10(11)7-14/h9-11,16H,2-8,14H2,1H3,(H,15,17). The van der Waals surface area contributed by atoms with Gasteiger partial charge >= 0.3 is 0 Å². The minimum Gasteiger partial charge on any atom is -0.332 e. The number of hydrogen-bond acceptors (Lipinski definition) is 4. The van der Waals surface area contributed by atoms with Gasteiger partial charge in [-0.3, -0.25) is 0 Å². The molecule has 7 heteroatoms. The Bertz CT molecular complexity index is 526. The first-order valence-corrected chi connectivity index (χ1v) is 8.78. The van der Waals surface area contributed by atoms with E-state index in [4.69, 9.17) is 5.73 Å². The summed E-state index contributed by atoms with van der Waals surface area (Å²) in [6.07, 6.45) is 6.58. The number of aromatic amines is 1. The molecule has 6 nitrogen and oxygen atoms in total. The molecule has 1 aliphatic rings. The third-order valence-electron chi connectivity index (χ3n) is 4.13. The molecule has 1 saturated carbocycles. The molecule has 0 radical (unpaired) electrons. The second-order valence-corrected chi connectivity index (χ2v) is 7.18. The molecule has 1 aromatic rings. The van der Waals surface area contributed by atoms with E-state index in [0.717, 1.165) is 19.3 Å². The zero-order valence-electron chi connectivity index (χ0n) is 11.9. The first-order valence-electron chi connectivity index (χ1n) is 7.30. The van der Waals surface area contributed by atoms with Crippen LogP contribution in [-0.2, 0) is 16.4 Å². The highest BCUT2D eigenvalue weighted by molar-refractivity contribution is 7.89. The first-order chi connectivity index (χ1) is 9.56. The maximum absolute atomic E-state index is 12.2. The molecule has 0 amide bonds. The van der Waals surface area contributed by atoms with Gasteiger partial charge in [0.25, 0.3) is 10.0 Å². The van der Waals surface area contributed by atoms with Crippen LogP contribution in [0.25, 0.3) is 0 Å². The number of H-pyrrole nitrogens is 1. The van der Waals surface area contributed by atoms with Crippen LogP contribution in [0.5, 0.6) is 0 Å². The fourth-order valence-corrected chi connectivity index (χ4v) is 3.85. The third kappa shape index (κ3) is 3.59. The largest absolute Gasteiger partial charge is 0.332 e. The van der Waals surface area contributed by atoms with Crippen molar-refractivity contribution in [3.63, 3.8) is 0 Å². The van der Waals surface area contributed by atoms with E-state index in [0.29, 0.717) is 37.2 Å². The van der Waals surface area contributed by atoms with Gasteiger partial charge in [-0.25, -0.2) is 18.1 Å². The van der Waals surface area contributed by atoms with Gasteiger partial charge in [-0.05, 0) is 31.2 Å². The number of aromatic nitrogens is 2. The number of nitrogens with one attached hydrogen (secondary N) is 2. The van der Waals surface area contributed by atoms with Crippen molar-refractivity contribution in [1.29, 1.82) is 0 Å². The Labute approximate surface area is 120 Å². The van der Waals surface area contributed by atoms with Crippen LogP contribution >= 0.6 is 0 Å². The number of rotatable bonds is 6. The lowest BCUT2D eigenvalue weighted by molar-refractivity contribution is 0.244. The summed E-state index contributed by atoms with van der Waals surface area (Å²) >= 11 is 0. The zero-order valence-corrected chi connectivity index (χ0v) is 12.7. The maximum atomic E-state index is 12.2. The van der Waals surface area contributed by atoms with Gasteiger partial charge in [-0.15, -0.1) is 0 Å². The predicted molar refractivity (Wildman–Crippen MR) is 77.7 cm³/mol. The SMILES string of the molecule is CCc1ncc(S(=O)(=O)NCC2CCCCC2CN)[nH]1. The van der Waals surface area contributed by atoms with Crippen molar-refractivity contribution >= 4 is 10.0 Å². The molecule has 0 saturated heterocycles. The van der Waals surface area contributed by atoms with Crippen molar-refractivity contribution in [1.82, 2.24) is 14.7 Å². The summed E-state index contributed by atoms with van der Waals surface area (Å²) in [6.45, 7) is 3.03. The number of aryl methyl sites for hydroxylation is 1. The van der Waals surface area contributed by atoms with Crippen LogP contribution in [0.1, 0.15) is 38.4 Å². The lowest BCUT2D eigenvalue weighted by Gasteiger charge is -2.30. The molecule has 2 unspecified atom stereocenters. The number of nitrogens with two attached hydrogens (primary N) is 1. The Kier molecular flexibility index (Phi) is 5.17. The molecule has 114 valence electrons. The van der Waals surface area contributed by atoms with E-state index in [1.54, 1.807) is 0 Å². The van der Waals surface area contributed by atoms with Gasteiger partial charge in [0.2, 0.25) is 0 Å². The maximum Gasteiger partial charge on any atom is 0.257 e. The molecular formula is C13H24N4O2S. The number of sulfonamides is 1. The average Bonchev–Trinajstić information content (AvgIpc) is 2.95. The van der Waals surface area contributed by atoms with Crippen molar-refractivity contribution < 1.29 is 8.42 Å². The minimum absolute atomic E-state index is 0.148. The Morgan fingerprint density at radius 1 is 1.40 bits per heavy atom. The Morgan fingerprint density at radius 2 is 2.10 bits per heavy atom. The van der Waals surface area contributed by atoms with Gasteiger partial charge in [0.15, 0.2) is 5.03 Å². The summed E-state index contributed by atoms with van der Waals surface area (Å²) in [5.41, 5.74) is 5.77. The van der Waals surface area contributed by atoms with E-state index in [1.807, 2.05) is 6.92 Å². The van der Waals surface area contributed by atoms with Crippen LogP contribution < -0.4 is 10.5 Å². The van der Waals surface area contributed by atoms with Crippen LogP contribution in [0.15, 0.2) is 11.2 Å². The normalized spacial score (nSPS) is 23.9. The third-order valence-corrected chi connectivity index (χ3v) is 5.47. The zero-order chi connectivity index (χ0) is 14.6. The average molecular weight is 300 g/mol. The quantitative estimate of drug-likeness (QED) is 0.730. The summed E-state index contributed by atoms with van der Waals surface area (Å²) in [5, 5.41) is 0.148. The lowest BCUT2D eigenvalue weighted by Crippen LogP contribution is -2.37. The molecule has 0 aromatic carbocycles. The van der Waals surface area contributed by atoms with Crippen molar-refractivity contribution in [2.75, 3.05) is 13.1 Å². The highest BCUT2D eigenvalue weighted by Crippen LogP contribution is 2.28. The van der Waals surface area contributed by atoms with Crippen molar-refractivity contribution in [3.05, 3.63) is 12.0 Å². The molecular weight excluding hydrogens is 276 g/mol. The molecule has 2 atom stereocenters. The van der Waals surface area contributed by atoms with Gasteiger partial charge in [0, 0.05) is 13.0 Å². The van der Waals surface area contributed by atoms with Crippen LogP contribution in [0.3, 0.4) is 0 Å². The van der Waals surface area contributed by atoms with E-state index in [2.05, 4.69) is 14.7 Å². The van der Waals surface area contributed by atoms with Crippen molar-refractivity contribution in [2.45, 2.75) is 44.1 Å². The molecule has 0 aliphatic heterocycles. The van der Waals surface area contributed by atoms with Gasteiger partial charge in [-0.1, -0.05) is 19.8 Å². The van der Waals surface area contributed by atoms with Gasteiger partial charge < -0.3 is 10.7 Å². The monoisotopic (exact) mass is 300 g/mol. The van der Waals surface area contributed by atoms with Crippen LogP contribution in [0.4, 0.5) is 0 Å². The molecule has 20 heavy (non-hydrogen) atoms. The second kappa shape index (κ2) is 6.69.